The van der Waals surface area contributed by atoms with Crippen LogP contribution in [0.3, 0.4) is 0 Å². The third-order valence-corrected chi connectivity index (χ3v) is 3.98. The first kappa shape index (κ1) is 14.6. The lowest BCUT2D eigenvalue weighted by molar-refractivity contribution is -0.111. The maximum absolute atomic E-state index is 13.2. The molecular formula is C18H18FNO2. The molecule has 0 aliphatic heterocycles. The molecule has 2 atom stereocenters. The predicted octanol–water partition coefficient (Wildman–Crippen LogP) is 4.50. The van der Waals surface area contributed by atoms with Crippen molar-refractivity contribution in [2.24, 2.45) is 5.92 Å². The number of carbonyl (C=O) groups is 1. The van der Waals surface area contributed by atoms with E-state index in [2.05, 4.69) is 12.2 Å². The second-order valence-corrected chi connectivity index (χ2v) is 5.84. The molecule has 0 spiro atoms. The molecule has 2 unspecified atom stereocenters. The van der Waals surface area contributed by atoms with E-state index in [0.717, 1.165) is 17.7 Å². The van der Waals surface area contributed by atoms with Crippen molar-refractivity contribution in [3.8, 4) is 0 Å². The first-order valence-corrected chi connectivity index (χ1v) is 7.38. The summed E-state index contributed by atoms with van der Waals surface area (Å²) in [5.74, 6) is 2.15. The van der Waals surface area contributed by atoms with Gasteiger partial charge in [0, 0.05) is 17.7 Å². The zero-order chi connectivity index (χ0) is 15.7. The van der Waals surface area contributed by atoms with E-state index < -0.39 is 0 Å². The van der Waals surface area contributed by atoms with Gasteiger partial charge in [-0.15, -0.1) is 0 Å². The Kier molecular flexibility index (Phi) is 3.84. The number of benzene rings is 1. The third kappa shape index (κ3) is 3.27. The van der Waals surface area contributed by atoms with Crippen molar-refractivity contribution in [3.05, 3.63) is 59.3 Å². The Morgan fingerprint density at radius 2 is 2.14 bits per heavy atom. The monoisotopic (exact) mass is 299 g/mol. The summed E-state index contributed by atoms with van der Waals surface area (Å²) in [5, 5.41) is 2.66. The molecule has 2 aromatic rings. The maximum Gasteiger partial charge on any atom is 0.248 e. The molecule has 0 bridgehead atoms. The van der Waals surface area contributed by atoms with E-state index in [1.807, 2.05) is 19.1 Å². The van der Waals surface area contributed by atoms with Crippen molar-refractivity contribution in [3.63, 3.8) is 0 Å². The van der Waals surface area contributed by atoms with Crippen molar-refractivity contribution >= 4 is 17.7 Å². The van der Waals surface area contributed by atoms with Crippen molar-refractivity contribution in [1.82, 2.24) is 0 Å². The molecule has 1 amide bonds. The number of furan rings is 1. The van der Waals surface area contributed by atoms with Crippen LogP contribution >= 0.6 is 0 Å². The quantitative estimate of drug-likeness (QED) is 0.844. The van der Waals surface area contributed by atoms with Gasteiger partial charge in [-0.1, -0.05) is 13.0 Å². The Morgan fingerprint density at radius 1 is 1.36 bits per heavy atom. The van der Waals surface area contributed by atoms with Crippen LogP contribution in [-0.2, 0) is 4.79 Å². The van der Waals surface area contributed by atoms with Gasteiger partial charge < -0.3 is 9.73 Å². The maximum atomic E-state index is 13.2. The Hall–Kier alpha value is -2.36. The van der Waals surface area contributed by atoms with Crippen LogP contribution in [0.25, 0.3) is 6.08 Å². The van der Waals surface area contributed by atoms with Gasteiger partial charge in [0.2, 0.25) is 5.91 Å². The lowest BCUT2D eigenvalue weighted by Crippen LogP contribution is -2.09. The van der Waals surface area contributed by atoms with E-state index in [4.69, 9.17) is 4.42 Å². The van der Waals surface area contributed by atoms with Gasteiger partial charge in [0.1, 0.15) is 17.3 Å². The van der Waals surface area contributed by atoms with Gasteiger partial charge >= 0.3 is 0 Å². The standard InChI is InChI=1S/C18H18FNO2/c1-11-3-4-13(19)10-16(11)20-18(21)8-6-14-5-7-17(22-14)15-9-12(15)2/h3-8,10,12,15H,9H2,1-2H3,(H,20,21)/b8-6+. The summed E-state index contributed by atoms with van der Waals surface area (Å²) in [6.07, 6.45) is 4.18. The summed E-state index contributed by atoms with van der Waals surface area (Å²) in [5.41, 5.74) is 1.28. The fraction of sp³-hybridized carbons (Fsp3) is 0.278. The Labute approximate surface area is 128 Å². The normalized spacial score (nSPS) is 20.3. The van der Waals surface area contributed by atoms with Gasteiger partial charge in [0.25, 0.3) is 0 Å². The molecule has 0 saturated heterocycles. The summed E-state index contributed by atoms with van der Waals surface area (Å²) in [6.45, 7) is 4.01. The summed E-state index contributed by atoms with van der Waals surface area (Å²) >= 11 is 0. The zero-order valence-electron chi connectivity index (χ0n) is 12.6. The number of hydrogen-bond acceptors (Lipinski definition) is 2. The molecule has 1 fully saturated rings. The molecule has 3 rings (SSSR count). The molecule has 114 valence electrons. The highest BCUT2D eigenvalue weighted by atomic mass is 19.1. The number of anilines is 1. The van der Waals surface area contributed by atoms with E-state index >= 15 is 0 Å². The van der Waals surface area contributed by atoms with E-state index in [1.165, 1.54) is 18.2 Å². The Bertz CT molecular complexity index is 732. The summed E-state index contributed by atoms with van der Waals surface area (Å²) in [7, 11) is 0. The molecule has 3 nitrogen and oxygen atoms in total. The minimum absolute atomic E-state index is 0.313. The van der Waals surface area contributed by atoms with Gasteiger partial charge in [0.05, 0.1) is 0 Å². The first-order chi connectivity index (χ1) is 10.5. The van der Waals surface area contributed by atoms with Crippen LogP contribution in [-0.4, -0.2) is 5.91 Å². The van der Waals surface area contributed by atoms with Crippen LogP contribution in [0.15, 0.2) is 40.8 Å². The SMILES string of the molecule is Cc1ccc(F)cc1NC(=O)/C=C/c1ccc(C2CC2C)o1. The van der Waals surface area contributed by atoms with Crippen molar-refractivity contribution in [2.45, 2.75) is 26.2 Å². The molecule has 1 aromatic carbocycles. The molecule has 4 heteroatoms. The molecule has 1 aliphatic rings. The average Bonchev–Trinajstić information content (AvgIpc) is 3.02. The molecular weight excluding hydrogens is 281 g/mol. The van der Waals surface area contributed by atoms with Crippen LogP contribution in [0.1, 0.15) is 36.3 Å². The van der Waals surface area contributed by atoms with Gasteiger partial charge in [-0.3, -0.25) is 4.79 Å². The second-order valence-electron chi connectivity index (χ2n) is 5.84. The van der Waals surface area contributed by atoms with Crippen molar-refractivity contribution in [2.75, 3.05) is 5.32 Å². The molecule has 0 radical (unpaired) electrons. The van der Waals surface area contributed by atoms with E-state index in [-0.39, 0.29) is 11.7 Å². The van der Waals surface area contributed by atoms with E-state index in [9.17, 15) is 9.18 Å². The average molecular weight is 299 g/mol. The first-order valence-electron chi connectivity index (χ1n) is 7.38. The zero-order valence-corrected chi connectivity index (χ0v) is 12.6. The van der Waals surface area contributed by atoms with Crippen LogP contribution in [0.2, 0.25) is 0 Å². The predicted molar refractivity (Wildman–Crippen MR) is 84.0 cm³/mol. The number of aryl methyl sites for hydroxylation is 1. The molecule has 1 aromatic heterocycles. The Balaban J connectivity index is 1.63. The summed E-state index contributed by atoms with van der Waals surface area (Å²) in [6, 6.07) is 8.12. The topological polar surface area (TPSA) is 42.2 Å². The third-order valence-electron chi connectivity index (χ3n) is 3.98. The van der Waals surface area contributed by atoms with Crippen LogP contribution in [0.4, 0.5) is 10.1 Å². The highest BCUT2D eigenvalue weighted by Crippen LogP contribution is 2.47. The lowest BCUT2D eigenvalue weighted by Gasteiger charge is -2.05. The second kappa shape index (κ2) is 5.79. The van der Waals surface area contributed by atoms with Gasteiger partial charge in [-0.05, 0) is 55.2 Å². The van der Waals surface area contributed by atoms with Crippen LogP contribution in [0.5, 0.6) is 0 Å². The summed E-state index contributed by atoms with van der Waals surface area (Å²) in [4.78, 5) is 11.9. The van der Waals surface area contributed by atoms with Crippen molar-refractivity contribution < 1.29 is 13.6 Å². The number of rotatable bonds is 4. The Morgan fingerprint density at radius 3 is 2.86 bits per heavy atom. The molecule has 1 heterocycles. The van der Waals surface area contributed by atoms with Gasteiger partial charge in [-0.25, -0.2) is 4.39 Å². The molecule has 1 aliphatic carbocycles. The summed E-state index contributed by atoms with van der Waals surface area (Å²) < 4.78 is 18.9. The lowest BCUT2D eigenvalue weighted by atomic mass is 10.2. The number of hydrogen-bond donors (Lipinski definition) is 1. The molecule has 1 saturated carbocycles. The number of amides is 1. The van der Waals surface area contributed by atoms with Crippen LogP contribution in [0, 0.1) is 18.7 Å². The highest BCUT2D eigenvalue weighted by Gasteiger charge is 2.36. The minimum Gasteiger partial charge on any atom is -0.461 e. The fourth-order valence-electron chi connectivity index (χ4n) is 2.44. The smallest absolute Gasteiger partial charge is 0.248 e. The van der Waals surface area contributed by atoms with E-state index in [0.29, 0.717) is 23.3 Å². The fourth-order valence-corrected chi connectivity index (χ4v) is 2.44. The number of halogens is 1. The van der Waals surface area contributed by atoms with Crippen molar-refractivity contribution in [1.29, 1.82) is 0 Å². The van der Waals surface area contributed by atoms with Gasteiger partial charge in [0.15, 0.2) is 0 Å². The largest absolute Gasteiger partial charge is 0.461 e. The molecule has 1 N–H and O–H groups in total. The van der Waals surface area contributed by atoms with Crippen LogP contribution < -0.4 is 5.32 Å². The number of carbonyl (C=O) groups excluding carboxylic acids is 1. The van der Waals surface area contributed by atoms with Gasteiger partial charge in [-0.2, -0.15) is 0 Å². The number of nitrogens with one attached hydrogen (secondary N) is 1. The highest BCUT2D eigenvalue weighted by molar-refractivity contribution is 6.02. The van der Waals surface area contributed by atoms with E-state index in [1.54, 1.807) is 12.1 Å². The molecule has 22 heavy (non-hydrogen) atoms. The minimum atomic E-state index is -0.376.